The van der Waals surface area contributed by atoms with E-state index in [1.165, 1.54) is 51.4 Å². The van der Waals surface area contributed by atoms with Crippen molar-refractivity contribution in [1.82, 2.24) is 4.90 Å². The van der Waals surface area contributed by atoms with Gasteiger partial charge in [-0.3, -0.25) is 4.79 Å². The molecule has 0 atom stereocenters. The highest BCUT2D eigenvalue weighted by atomic mass is 16.2. The number of amides is 1. The Morgan fingerprint density at radius 2 is 1.50 bits per heavy atom. The molecule has 2 fully saturated rings. The maximum Gasteiger partial charge on any atom is 0.249 e. The minimum Gasteiger partial charge on any atom is -0.339 e. The second kappa shape index (κ2) is 5.51. The molecule has 2 rings (SSSR count). The van der Waals surface area contributed by atoms with Crippen LogP contribution in [0, 0.1) is 5.92 Å². The van der Waals surface area contributed by atoms with Gasteiger partial charge < -0.3 is 4.90 Å². The van der Waals surface area contributed by atoms with E-state index in [9.17, 15) is 4.79 Å². The van der Waals surface area contributed by atoms with E-state index in [-0.39, 0.29) is 5.91 Å². The van der Waals surface area contributed by atoms with Crippen LogP contribution in [0.1, 0.15) is 51.4 Å². The highest BCUT2D eigenvalue weighted by Gasteiger charge is 2.25. The Morgan fingerprint density at radius 3 is 2.12 bits per heavy atom. The molecular formula is C14H23NO. The number of carbonyl (C=O) groups is 1. The van der Waals surface area contributed by atoms with Gasteiger partial charge >= 0.3 is 0 Å². The second-order valence-corrected chi connectivity index (χ2v) is 5.21. The van der Waals surface area contributed by atoms with Gasteiger partial charge in [-0.05, 0) is 38.0 Å². The predicted octanol–water partition coefficient (Wildman–Crippen LogP) is 3.14. The van der Waals surface area contributed by atoms with Gasteiger partial charge in [-0.1, -0.05) is 25.8 Å². The third-order valence-electron chi connectivity index (χ3n) is 4.02. The van der Waals surface area contributed by atoms with Crippen molar-refractivity contribution in [2.45, 2.75) is 51.4 Å². The van der Waals surface area contributed by atoms with E-state index in [0.717, 1.165) is 18.7 Å². The summed E-state index contributed by atoms with van der Waals surface area (Å²) in [5, 5.41) is 0. The Morgan fingerprint density at radius 1 is 0.938 bits per heavy atom. The first-order chi connectivity index (χ1) is 7.79. The average molecular weight is 221 g/mol. The molecule has 0 aromatic heterocycles. The summed E-state index contributed by atoms with van der Waals surface area (Å²) < 4.78 is 0. The number of piperidine rings is 1. The van der Waals surface area contributed by atoms with Crippen LogP contribution in [-0.4, -0.2) is 23.9 Å². The minimum absolute atomic E-state index is 0.242. The van der Waals surface area contributed by atoms with Crippen molar-refractivity contribution >= 4 is 5.91 Å². The largest absolute Gasteiger partial charge is 0.339 e. The van der Waals surface area contributed by atoms with Crippen molar-refractivity contribution in [3.63, 3.8) is 0 Å². The summed E-state index contributed by atoms with van der Waals surface area (Å²) in [7, 11) is 0. The van der Waals surface area contributed by atoms with Crippen LogP contribution in [0.3, 0.4) is 0 Å². The van der Waals surface area contributed by atoms with Crippen molar-refractivity contribution in [2.24, 2.45) is 5.92 Å². The first-order valence-electron chi connectivity index (χ1n) is 6.77. The molecule has 2 aliphatic rings. The Hall–Kier alpha value is -0.790. The molecule has 1 heterocycles. The molecule has 0 aromatic rings. The zero-order valence-corrected chi connectivity index (χ0v) is 10.2. The van der Waals surface area contributed by atoms with E-state index < -0.39 is 0 Å². The molecule has 2 heteroatoms. The van der Waals surface area contributed by atoms with Crippen molar-refractivity contribution in [3.8, 4) is 0 Å². The molecule has 1 aliphatic carbocycles. The predicted molar refractivity (Wildman–Crippen MR) is 66.1 cm³/mol. The van der Waals surface area contributed by atoms with Crippen molar-refractivity contribution in [2.75, 3.05) is 13.1 Å². The lowest BCUT2D eigenvalue weighted by Crippen LogP contribution is -2.38. The number of carbonyl (C=O) groups excluding carboxylic acids is 1. The van der Waals surface area contributed by atoms with Crippen LogP contribution >= 0.6 is 0 Å². The Kier molecular flexibility index (Phi) is 4.03. The summed E-state index contributed by atoms with van der Waals surface area (Å²) >= 11 is 0. The van der Waals surface area contributed by atoms with Crippen LogP contribution in [0.15, 0.2) is 12.2 Å². The van der Waals surface area contributed by atoms with E-state index >= 15 is 0 Å². The average Bonchev–Trinajstić information content (AvgIpc) is 2.39. The molecule has 1 amide bonds. The van der Waals surface area contributed by atoms with Gasteiger partial charge in [-0.25, -0.2) is 0 Å². The lowest BCUT2D eigenvalue weighted by Gasteiger charge is -2.31. The van der Waals surface area contributed by atoms with Crippen molar-refractivity contribution in [3.05, 3.63) is 12.2 Å². The summed E-state index contributed by atoms with van der Waals surface area (Å²) in [6.45, 7) is 5.96. The standard InChI is InChI=1S/C14H23NO/c1-12(13-8-4-2-5-9-13)14(16)15-10-6-3-7-11-15/h13H,1-11H2. The van der Waals surface area contributed by atoms with Crippen LogP contribution in [-0.2, 0) is 4.79 Å². The van der Waals surface area contributed by atoms with Gasteiger partial charge in [0.25, 0.3) is 0 Å². The number of hydrogen-bond donors (Lipinski definition) is 0. The van der Waals surface area contributed by atoms with E-state index in [1.807, 2.05) is 4.90 Å². The van der Waals surface area contributed by atoms with Gasteiger partial charge in [0.15, 0.2) is 0 Å². The van der Waals surface area contributed by atoms with Gasteiger partial charge in [-0.2, -0.15) is 0 Å². The fourth-order valence-corrected chi connectivity index (χ4v) is 2.93. The Labute approximate surface area is 98.7 Å². The maximum absolute atomic E-state index is 12.2. The second-order valence-electron chi connectivity index (χ2n) is 5.21. The quantitative estimate of drug-likeness (QED) is 0.656. The third kappa shape index (κ3) is 2.66. The van der Waals surface area contributed by atoms with Gasteiger partial charge in [0.2, 0.25) is 5.91 Å². The monoisotopic (exact) mass is 221 g/mol. The first kappa shape index (κ1) is 11.7. The summed E-state index contributed by atoms with van der Waals surface area (Å²) in [5.74, 6) is 0.717. The number of rotatable bonds is 2. The van der Waals surface area contributed by atoms with Gasteiger partial charge in [0, 0.05) is 18.7 Å². The van der Waals surface area contributed by atoms with Crippen molar-refractivity contribution in [1.29, 1.82) is 0 Å². The van der Waals surface area contributed by atoms with E-state index in [1.54, 1.807) is 0 Å². The summed E-state index contributed by atoms with van der Waals surface area (Å²) in [6.07, 6.45) is 9.86. The zero-order valence-electron chi connectivity index (χ0n) is 10.2. The Balaban J connectivity index is 1.89. The van der Waals surface area contributed by atoms with E-state index in [4.69, 9.17) is 0 Å². The lowest BCUT2D eigenvalue weighted by atomic mass is 9.84. The van der Waals surface area contributed by atoms with E-state index in [0.29, 0.717) is 5.92 Å². The summed E-state index contributed by atoms with van der Waals surface area (Å²) in [6, 6.07) is 0. The highest BCUT2D eigenvalue weighted by molar-refractivity contribution is 5.93. The van der Waals surface area contributed by atoms with Crippen LogP contribution in [0.25, 0.3) is 0 Å². The molecule has 1 aliphatic heterocycles. The lowest BCUT2D eigenvalue weighted by molar-refractivity contribution is -0.128. The summed E-state index contributed by atoms with van der Waals surface area (Å²) in [5.41, 5.74) is 0.890. The smallest absolute Gasteiger partial charge is 0.249 e. The molecule has 0 spiro atoms. The van der Waals surface area contributed by atoms with Gasteiger partial charge in [0.05, 0.1) is 0 Å². The number of nitrogens with zero attached hydrogens (tertiary/aromatic N) is 1. The normalized spacial score (nSPS) is 23.1. The topological polar surface area (TPSA) is 20.3 Å². The number of likely N-dealkylation sites (tertiary alicyclic amines) is 1. The third-order valence-corrected chi connectivity index (χ3v) is 4.02. The molecule has 1 saturated heterocycles. The fourth-order valence-electron chi connectivity index (χ4n) is 2.93. The molecular weight excluding hydrogens is 198 g/mol. The molecule has 0 aromatic carbocycles. The van der Waals surface area contributed by atoms with E-state index in [2.05, 4.69) is 6.58 Å². The minimum atomic E-state index is 0.242. The fraction of sp³-hybridized carbons (Fsp3) is 0.786. The zero-order chi connectivity index (χ0) is 11.4. The van der Waals surface area contributed by atoms with Crippen molar-refractivity contribution < 1.29 is 4.79 Å². The maximum atomic E-state index is 12.2. The van der Waals surface area contributed by atoms with Crippen LogP contribution in [0.2, 0.25) is 0 Å². The Bertz CT molecular complexity index is 232. The SMILES string of the molecule is C=C(C(=O)N1CCCCC1)C1CCCCC1. The number of hydrogen-bond acceptors (Lipinski definition) is 1. The highest BCUT2D eigenvalue weighted by Crippen LogP contribution is 2.30. The molecule has 0 unspecified atom stereocenters. The molecule has 90 valence electrons. The summed E-state index contributed by atoms with van der Waals surface area (Å²) in [4.78, 5) is 14.2. The molecule has 16 heavy (non-hydrogen) atoms. The molecule has 2 nitrogen and oxygen atoms in total. The van der Waals surface area contributed by atoms with Gasteiger partial charge in [-0.15, -0.1) is 0 Å². The van der Waals surface area contributed by atoms with Gasteiger partial charge in [0.1, 0.15) is 0 Å². The van der Waals surface area contributed by atoms with Crippen LogP contribution < -0.4 is 0 Å². The molecule has 0 bridgehead atoms. The molecule has 0 N–H and O–H groups in total. The van der Waals surface area contributed by atoms with Crippen LogP contribution in [0.4, 0.5) is 0 Å². The molecule has 0 radical (unpaired) electrons. The molecule has 1 saturated carbocycles. The first-order valence-corrected chi connectivity index (χ1v) is 6.77. The van der Waals surface area contributed by atoms with Crippen LogP contribution in [0.5, 0.6) is 0 Å².